The van der Waals surface area contributed by atoms with Crippen molar-refractivity contribution in [1.82, 2.24) is 0 Å². The Hall–Kier alpha value is -1.27. The molecule has 0 heterocycles. The fourth-order valence-corrected chi connectivity index (χ4v) is 2.55. The SMILES string of the molecule is O=C(CC(C(=O)OCC(F)(F)C(F)(F)C(F)(F)C(F)F)S(=O)(=O)O)OCC(F)(F)C(F)(F)C(F)(F)C(F)F.[H-].[Na+]. The molecule has 25 heteroatoms. The van der Waals surface area contributed by atoms with E-state index in [0.29, 0.717) is 0 Å². The van der Waals surface area contributed by atoms with Gasteiger partial charge in [-0.1, -0.05) is 0 Å². The van der Waals surface area contributed by atoms with Gasteiger partial charge in [0.15, 0.2) is 18.5 Å². The fraction of sp³-hybridized carbons (Fsp3) is 0.857. The van der Waals surface area contributed by atoms with Crippen molar-refractivity contribution in [3.05, 3.63) is 0 Å². The molecular formula is C14H11F16NaO7S. The van der Waals surface area contributed by atoms with Gasteiger partial charge in [-0.15, -0.1) is 0 Å². The van der Waals surface area contributed by atoms with E-state index in [4.69, 9.17) is 4.55 Å². The van der Waals surface area contributed by atoms with Crippen LogP contribution in [0, 0.1) is 0 Å². The minimum atomic E-state index is -6.99. The predicted octanol–water partition coefficient (Wildman–Crippen LogP) is 1.18. The van der Waals surface area contributed by atoms with Crippen molar-refractivity contribution in [3.8, 4) is 0 Å². The van der Waals surface area contributed by atoms with Crippen molar-refractivity contribution in [2.45, 2.75) is 60.1 Å². The van der Waals surface area contributed by atoms with Gasteiger partial charge in [-0.2, -0.15) is 61.1 Å². The van der Waals surface area contributed by atoms with E-state index in [1.165, 1.54) is 0 Å². The van der Waals surface area contributed by atoms with Gasteiger partial charge in [-0.25, -0.2) is 17.6 Å². The topological polar surface area (TPSA) is 107 Å². The molecular weight excluding hydrogens is 639 g/mol. The maximum Gasteiger partial charge on any atom is 1.00 e. The molecule has 0 aliphatic rings. The molecule has 0 radical (unpaired) electrons. The van der Waals surface area contributed by atoms with Gasteiger partial charge in [0.2, 0.25) is 0 Å². The van der Waals surface area contributed by atoms with Gasteiger partial charge in [0.05, 0.1) is 6.42 Å². The number of esters is 2. The normalized spacial score (nSPS) is 15.2. The molecule has 0 spiro atoms. The molecule has 1 N–H and O–H groups in total. The first kappa shape index (κ1) is 39.9. The van der Waals surface area contributed by atoms with Gasteiger partial charge in [0.25, 0.3) is 10.1 Å². The average molecular weight is 650 g/mol. The zero-order valence-electron chi connectivity index (χ0n) is 19.2. The summed E-state index contributed by atoms with van der Waals surface area (Å²) in [4.78, 5) is 22.9. The summed E-state index contributed by atoms with van der Waals surface area (Å²) in [7, 11) is -6.15. The molecule has 0 aromatic heterocycles. The first-order chi connectivity index (χ1) is 16.5. The maximum atomic E-state index is 13.3. The van der Waals surface area contributed by atoms with Crippen LogP contribution in [0.2, 0.25) is 0 Å². The van der Waals surface area contributed by atoms with E-state index in [9.17, 15) is 88.3 Å². The van der Waals surface area contributed by atoms with Crippen molar-refractivity contribution in [2.75, 3.05) is 13.2 Å². The molecule has 0 bridgehead atoms. The van der Waals surface area contributed by atoms with Crippen LogP contribution < -0.4 is 29.6 Å². The third-order valence-electron chi connectivity index (χ3n) is 4.09. The van der Waals surface area contributed by atoms with Gasteiger partial charge in [0, 0.05) is 0 Å². The van der Waals surface area contributed by atoms with E-state index in [2.05, 4.69) is 9.47 Å². The maximum absolute atomic E-state index is 13.3. The average Bonchev–Trinajstić information content (AvgIpc) is 2.72. The summed E-state index contributed by atoms with van der Waals surface area (Å²) in [5, 5.41) is -3.66. The molecule has 0 saturated heterocycles. The molecule has 0 rings (SSSR count). The largest absolute Gasteiger partial charge is 1.00 e. The zero-order valence-corrected chi connectivity index (χ0v) is 21.0. The van der Waals surface area contributed by atoms with E-state index in [1.54, 1.807) is 0 Å². The quantitative estimate of drug-likeness (QED) is 0.130. The van der Waals surface area contributed by atoms with Crippen molar-refractivity contribution in [2.24, 2.45) is 0 Å². The second-order valence-electron chi connectivity index (χ2n) is 6.88. The Morgan fingerprint density at radius 3 is 1.28 bits per heavy atom. The summed E-state index contributed by atoms with van der Waals surface area (Å²) in [6.07, 6.45) is -13.3. The Balaban J connectivity index is -0.00000684. The molecule has 1 atom stereocenters. The number of alkyl halides is 16. The molecule has 0 aromatic rings. The summed E-state index contributed by atoms with van der Waals surface area (Å²) >= 11 is 0. The number of rotatable bonds is 14. The van der Waals surface area contributed by atoms with Gasteiger partial charge < -0.3 is 10.9 Å². The van der Waals surface area contributed by atoms with Crippen LogP contribution in [0.1, 0.15) is 7.85 Å². The molecule has 1 unspecified atom stereocenters. The van der Waals surface area contributed by atoms with E-state index in [1.807, 2.05) is 0 Å². The third-order valence-corrected chi connectivity index (χ3v) is 5.17. The van der Waals surface area contributed by atoms with Crippen LogP contribution in [0.3, 0.4) is 0 Å². The first-order valence-electron chi connectivity index (χ1n) is 8.62. The van der Waals surface area contributed by atoms with Crippen molar-refractivity contribution >= 4 is 22.1 Å². The zero-order chi connectivity index (χ0) is 30.9. The first-order valence-corrected chi connectivity index (χ1v) is 10.1. The van der Waals surface area contributed by atoms with Crippen LogP contribution in [0.4, 0.5) is 70.2 Å². The van der Waals surface area contributed by atoms with Crippen LogP contribution in [-0.2, 0) is 29.2 Å². The number of hydrogen-bond donors (Lipinski definition) is 1. The van der Waals surface area contributed by atoms with Crippen LogP contribution in [0.25, 0.3) is 0 Å². The van der Waals surface area contributed by atoms with Gasteiger partial charge >= 0.3 is 89.9 Å². The molecule has 39 heavy (non-hydrogen) atoms. The molecule has 0 aliphatic carbocycles. The van der Waals surface area contributed by atoms with Crippen LogP contribution in [-0.4, -0.2) is 91.8 Å². The number of halogens is 16. The molecule has 0 aliphatic heterocycles. The van der Waals surface area contributed by atoms with Crippen molar-refractivity contribution in [3.63, 3.8) is 0 Å². The van der Waals surface area contributed by atoms with Crippen molar-refractivity contribution in [1.29, 1.82) is 0 Å². The molecule has 0 aromatic carbocycles. The summed E-state index contributed by atoms with van der Waals surface area (Å²) in [5.74, 6) is -45.8. The fourth-order valence-electron chi connectivity index (χ4n) is 1.89. The van der Waals surface area contributed by atoms with Gasteiger partial charge in [-0.3, -0.25) is 14.1 Å². The van der Waals surface area contributed by atoms with Crippen molar-refractivity contribution < 1.29 is 133 Å². The monoisotopic (exact) mass is 650 g/mol. The Kier molecular flexibility index (Phi) is 13.0. The summed E-state index contributed by atoms with van der Waals surface area (Å²) in [6, 6.07) is 0. The van der Waals surface area contributed by atoms with Gasteiger partial charge in [0.1, 0.15) is 0 Å². The number of ether oxygens (including phenoxy) is 2. The Morgan fingerprint density at radius 2 is 1.00 bits per heavy atom. The molecule has 228 valence electrons. The Morgan fingerprint density at radius 1 is 0.692 bits per heavy atom. The van der Waals surface area contributed by atoms with E-state index < -0.39 is 95.3 Å². The smallest absolute Gasteiger partial charge is 1.00 e. The summed E-state index contributed by atoms with van der Waals surface area (Å²) in [5.41, 5.74) is 0. The van der Waals surface area contributed by atoms with Gasteiger partial charge in [-0.05, 0) is 0 Å². The van der Waals surface area contributed by atoms with E-state index >= 15 is 0 Å². The molecule has 0 saturated carbocycles. The number of carbonyl (C=O) groups is 2. The number of carbonyl (C=O) groups excluding carboxylic acids is 2. The molecule has 0 fully saturated rings. The van der Waals surface area contributed by atoms with Crippen LogP contribution in [0.5, 0.6) is 0 Å². The van der Waals surface area contributed by atoms with E-state index in [0.717, 1.165) is 0 Å². The second-order valence-corrected chi connectivity index (χ2v) is 8.48. The Labute approximate surface area is 228 Å². The minimum Gasteiger partial charge on any atom is -1.00 e. The molecule has 0 amide bonds. The summed E-state index contributed by atoms with van der Waals surface area (Å²) in [6.45, 7) is -6.57. The number of hydrogen-bond acceptors (Lipinski definition) is 6. The predicted molar refractivity (Wildman–Crippen MR) is 84.7 cm³/mol. The standard InChI is InChI=1S/C14H10F16O7S.Na.H/c15-7(16)11(23,24)13(27,28)9(19,20)2-36-5(31)1-4(38(33,34)35)6(32)37-3-10(21,22)14(29,30)12(25,26)8(17)18;;/h4,7-8H,1-3H2,(H,33,34,35);;/q;+1;-1. The van der Waals surface area contributed by atoms with Crippen LogP contribution in [0.15, 0.2) is 0 Å². The second kappa shape index (κ2) is 12.7. The van der Waals surface area contributed by atoms with Crippen LogP contribution >= 0.6 is 0 Å². The summed E-state index contributed by atoms with van der Waals surface area (Å²) < 4.78 is 242. The Bertz CT molecular complexity index is 979. The minimum absolute atomic E-state index is 0. The third kappa shape index (κ3) is 8.38. The van der Waals surface area contributed by atoms with E-state index in [-0.39, 0.29) is 31.0 Å². The molecule has 7 nitrogen and oxygen atoms in total.